The highest BCUT2D eigenvalue weighted by atomic mass is 32.1. The predicted octanol–water partition coefficient (Wildman–Crippen LogP) is -0.775. The van der Waals surface area contributed by atoms with Gasteiger partial charge in [0, 0.05) is 5.38 Å². The molecule has 15 heavy (non-hydrogen) atoms. The Morgan fingerprint density at radius 3 is 2.80 bits per heavy atom. The molecule has 1 rings (SSSR count). The van der Waals surface area contributed by atoms with Gasteiger partial charge >= 0.3 is 0 Å². The molecule has 1 heterocycles. The molecule has 0 saturated heterocycles. The van der Waals surface area contributed by atoms with Crippen molar-refractivity contribution in [2.24, 2.45) is 5.73 Å². The van der Waals surface area contributed by atoms with Crippen molar-refractivity contribution in [2.75, 3.05) is 0 Å². The summed E-state index contributed by atoms with van der Waals surface area (Å²) in [5.41, 5.74) is 5.04. The average molecular weight is 230 g/mol. The molecule has 0 aliphatic rings. The van der Waals surface area contributed by atoms with E-state index in [0.29, 0.717) is 6.29 Å². The zero-order chi connectivity index (χ0) is 11.4. The van der Waals surface area contributed by atoms with Crippen LogP contribution < -0.4 is 5.73 Å². The molecule has 0 spiro atoms. The Morgan fingerprint density at radius 2 is 2.33 bits per heavy atom. The Balaban J connectivity index is 2.70. The first-order valence-electron chi connectivity index (χ1n) is 4.09. The highest BCUT2D eigenvalue weighted by Crippen LogP contribution is 2.22. The quantitative estimate of drug-likeness (QED) is 0.574. The number of rotatable bonds is 5. The van der Waals surface area contributed by atoms with Gasteiger partial charge in [-0.25, -0.2) is 4.98 Å². The predicted molar refractivity (Wildman–Crippen MR) is 52.3 cm³/mol. The number of carbonyl (C=O) groups excluding carboxylic acids is 2. The van der Waals surface area contributed by atoms with Crippen LogP contribution in [0.4, 0.5) is 0 Å². The van der Waals surface area contributed by atoms with Crippen molar-refractivity contribution in [1.82, 2.24) is 4.98 Å². The van der Waals surface area contributed by atoms with E-state index < -0.39 is 18.1 Å². The number of aliphatic hydroxyl groups is 2. The lowest BCUT2D eigenvalue weighted by Crippen LogP contribution is -2.25. The first-order valence-corrected chi connectivity index (χ1v) is 4.97. The lowest BCUT2D eigenvalue weighted by Gasteiger charge is -2.13. The number of carbonyl (C=O) groups is 2. The maximum Gasteiger partial charge on any atom is 0.220 e. The fourth-order valence-corrected chi connectivity index (χ4v) is 1.78. The molecule has 0 radical (unpaired) electrons. The number of aliphatic hydroxyl groups excluding tert-OH is 2. The largest absolute Gasteiger partial charge is 0.389 e. The van der Waals surface area contributed by atoms with Gasteiger partial charge in [-0.05, 0) is 0 Å². The van der Waals surface area contributed by atoms with Crippen LogP contribution in [0.5, 0.6) is 0 Å². The second-order valence-electron chi connectivity index (χ2n) is 2.91. The van der Waals surface area contributed by atoms with E-state index in [2.05, 4.69) is 4.98 Å². The summed E-state index contributed by atoms with van der Waals surface area (Å²) in [4.78, 5) is 24.5. The lowest BCUT2D eigenvalue weighted by molar-refractivity contribution is -0.121. The summed E-state index contributed by atoms with van der Waals surface area (Å²) in [6, 6.07) is 0. The number of aromatic nitrogens is 1. The van der Waals surface area contributed by atoms with Gasteiger partial charge in [0.2, 0.25) is 5.91 Å². The summed E-state index contributed by atoms with van der Waals surface area (Å²) < 4.78 is 0. The van der Waals surface area contributed by atoms with E-state index in [9.17, 15) is 19.8 Å². The molecule has 2 atom stereocenters. The highest BCUT2D eigenvalue weighted by Gasteiger charge is 2.23. The molecule has 7 heteroatoms. The van der Waals surface area contributed by atoms with Gasteiger partial charge in [-0.1, -0.05) is 0 Å². The van der Waals surface area contributed by atoms with Crippen LogP contribution in [0, 0.1) is 0 Å². The lowest BCUT2D eigenvalue weighted by atomic mass is 10.1. The fraction of sp³-hybridized carbons (Fsp3) is 0.375. The monoisotopic (exact) mass is 230 g/mol. The normalized spacial score (nSPS) is 14.5. The second-order valence-corrected chi connectivity index (χ2v) is 3.80. The molecule has 82 valence electrons. The molecular weight excluding hydrogens is 220 g/mol. The number of thiazole rings is 1. The molecule has 2 unspecified atom stereocenters. The summed E-state index contributed by atoms with van der Waals surface area (Å²) >= 11 is 1.03. The van der Waals surface area contributed by atoms with Crippen molar-refractivity contribution in [3.05, 3.63) is 16.1 Å². The molecule has 0 bridgehead atoms. The summed E-state index contributed by atoms with van der Waals surface area (Å²) in [7, 11) is 0. The molecule has 1 amide bonds. The number of nitrogens with two attached hydrogens (primary N) is 1. The zero-order valence-electron chi connectivity index (χ0n) is 7.66. The maximum atomic E-state index is 10.5. The fourth-order valence-electron chi connectivity index (χ4n) is 0.973. The molecule has 0 saturated carbocycles. The van der Waals surface area contributed by atoms with Crippen molar-refractivity contribution in [1.29, 1.82) is 0 Å². The molecule has 6 nitrogen and oxygen atoms in total. The summed E-state index contributed by atoms with van der Waals surface area (Å²) in [5, 5.41) is 20.5. The minimum absolute atomic E-state index is 0.181. The first kappa shape index (κ1) is 11.8. The van der Waals surface area contributed by atoms with E-state index in [-0.39, 0.29) is 17.1 Å². The topological polar surface area (TPSA) is 114 Å². The molecule has 4 N–H and O–H groups in total. The molecule has 1 aromatic rings. The van der Waals surface area contributed by atoms with Crippen LogP contribution in [0.1, 0.15) is 28.0 Å². The van der Waals surface area contributed by atoms with Crippen molar-refractivity contribution in [2.45, 2.75) is 18.6 Å². The number of hydrogen-bond donors (Lipinski definition) is 3. The van der Waals surface area contributed by atoms with E-state index in [1.54, 1.807) is 0 Å². The summed E-state index contributed by atoms with van der Waals surface area (Å²) in [6.07, 6.45) is -2.41. The number of primary amides is 1. The smallest absolute Gasteiger partial charge is 0.220 e. The van der Waals surface area contributed by atoms with E-state index in [1.165, 1.54) is 5.38 Å². The van der Waals surface area contributed by atoms with Crippen LogP contribution in [-0.2, 0) is 4.79 Å². The van der Waals surface area contributed by atoms with Crippen LogP contribution in [0.2, 0.25) is 0 Å². The van der Waals surface area contributed by atoms with Gasteiger partial charge in [-0.2, -0.15) is 0 Å². The van der Waals surface area contributed by atoms with Crippen LogP contribution in [-0.4, -0.2) is 33.5 Å². The summed E-state index contributed by atoms with van der Waals surface area (Å²) in [5.74, 6) is -0.714. The zero-order valence-corrected chi connectivity index (χ0v) is 8.48. The number of nitrogens with zero attached hydrogens (tertiary/aromatic N) is 1. The Kier molecular flexibility index (Phi) is 3.89. The minimum Gasteiger partial charge on any atom is -0.389 e. The van der Waals surface area contributed by atoms with Crippen molar-refractivity contribution >= 4 is 23.5 Å². The van der Waals surface area contributed by atoms with Crippen LogP contribution in [0.3, 0.4) is 0 Å². The van der Waals surface area contributed by atoms with Gasteiger partial charge < -0.3 is 15.9 Å². The van der Waals surface area contributed by atoms with Gasteiger partial charge in [0.05, 0.1) is 12.5 Å². The van der Waals surface area contributed by atoms with Crippen LogP contribution in [0.15, 0.2) is 5.38 Å². The van der Waals surface area contributed by atoms with Crippen LogP contribution >= 0.6 is 11.3 Å². The van der Waals surface area contributed by atoms with Gasteiger partial charge in [-0.3, -0.25) is 9.59 Å². The van der Waals surface area contributed by atoms with Crippen LogP contribution in [0.25, 0.3) is 0 Å². The van der Waals surface area contributed by atoms with E-state index in [0.717, 1.165) is 11.3 Å². The van der Waals surface area contributed by atoms with E-state index in [4.69, 9.17) is 5.73 Å². The Bertz CT molecular complexity index is 365. The molecule has 0 aliphatic heterocycles. The Morgan fingerprint density at radius 1 is 1.67 bits per heavy atom. The van der Waals surface area contributed by atoms with E-state index >= 15 is 0 Å². The van der Waals surface area contributed by atoms with Crippen molar-refractivity contribution < 1.29 is 19.8 Å². The summed E-state index contributed by atoms with van der Waals surface area (Å²) in [6.45, 7) is 0. The molecule has 0 aliphatic carbocycles. The van der Waals surface area contributed by atoms with Gasteiger partial charge in [0.1, 0.15) is 16.8 Å². The minimum atomic E-state index is -1.30. The standard InChI is InChI=1S/C8H10N2O4S/c9-6(13)1-5(12)7(14)8-10-4(2-11)3-15-8/h2-3,5,7,12,14H,1H2,(H2,9,13). The van der Waals surface area contributed by atoms with Gasteiger partial charge in [-0.15, -0.1) is 11.3 Å². The highest BCUT2D eigenvalue weighted by molar-refractivity contribution is 7.09. The molecule has 0 aromatic carbocycles. The first-order chi connectivity index (χ1) is 7.04. The number of amides is 1. The van der Waals surface area contributed by atoms with Crippen molar-refractivity contribution in [3.63, 3.8) is 0 Å². The third kappa shape index (κ3) is 3.08. The number of hydrogen-bond acceptors (Lipinski definition) is 6. The number of aldehydes is 1. The van der Waals surface area contributed by atoms with Gasteiger partial charge in [0.25, 0.3) is 0 Å². The second kappa shape index (κ2) is 4.96. The van der Waals surface area contributed by atoms with E-state index in [1.807, 2.05) is 0 Å². The third-order valence-corrected chi connectivity index (χ3v) is 2.62. The Hall–Kier alpha value is -1.31. The molecule has 1 aromatic heterocycles. The van der Waals surface area contributed by atoms with Crippen molar-refractivity contribution in [3.8, 4) is 0 Å². The SMILES string of the molecule is NC(=O)CC(O)C(O)c1nc(C=O)cs1. The van der Waals surface area contributed by atoms with Gasteiger partial charge in [0.15, 0.2) is 6.29 Å². The maximum absolute atomic E-state index is 10.5. The molecular formula is C8H10N2O4S. The average Bonchev–Trinajstić information content (AvgIpc) is 2.63. The third-order valence-electron chi connectivity index (χ3n) is 1.69. The Labute approximate surface area is 89.4 Å². The molecule has 0 fully saturated rings.